The van der Waals surface area contributed by atoms with E-state index in [1.165, 1.54) is 10.6 Å². The van der Waals surface area contributed by atoms with E-state index in [9.17, 15) is 9.59 Å². The van der Waals surface area contributed by atoms with Crippen molar-refractivity contribution in [1.82, 2.24) is 9.47 Å². The summed E-state index contributed by atoms with van der Waals surface area (Å²) in [4.78, 5) is 26.4. The first-order chi connectivity index (χ1) is 11.1. The van der Waals surface area contributed by atoms with E-state index < -0.39 is 0 Å². The third-order valence-electron chi connectivity index (χ3n) is 4.11. The van der Waals surface area contributed by atoms with Gasteiger partial charge in [-0.05, 0) is 36.6 Å². The average molecular weight is 312 g/mol. The maximum atomic E-state index is 12.8. The number of ether oxygens (including phenoxy) is 1. The lowest BCUT2D eigenvalue weighted by Gasteiger charge is -2.23. The Bertz CT molecular complexity index is 761. The van der Waals surface area contributed by atoms with Gasteiger partial charge in [0.15, 0.2) is 0 Å². The summed E-state index contributed by atoms with van der Waals surface area (Å²) in [7, 11) is 3.30. The Kier molecular flexibility index (Phi) is 4.19. The molecule has 0 N–H and O–H groups in total. The minimum Gasteiger partial charge on any atom is -0.497 e. The molecule has 1 heterocycles. The second-order valence-corrected chi connectivity index (χ2v) is 5.88. The van der Waals surface area contributed by atoms with E-state index in [0.29, 0.717) is 12.1 Å². The minimum atomic E-state index is -0.170. The minimum absolute atomic E-state index is 0.0824. The molecule has 5 nitrogen and oxygen atoms in total. The number of aryl methyl sites for hydroxylation is 1. The predicted octanol–water partition coefficient (Wildman–Crippen LogP) is 2.20. The SMILES string of the molecule is COc1ccc(CN(C(=O)c2ccn(C)c(=O)c2)C2CC2)cc1. The zero-order chi connectivity index (χ0) is 16.4. The van der Waals surface area contributed by atoms with E-state index in [-0.39, 0.29) is 17.5 Å². The van der Waals surface area contributed by atoms with Gasteiger partial charge in [-0.2, -0.15) is 0 Å². The molecule has 0 atom stereocenters. The summed E-state index contributed by atoms with van der Waals surface area (Å²) in [5, 5.41) is 0. The predicted molar refractivity (Wildman–Crippen MR) is 87.6 cm³/mol. The van der Waals surface area contributed by atoms with E-state index in [0.717, 1.165) is 24.2 Å². The van der Waals surface area contributed by atoms with Crippen LogP contribution in [0.25, 0.3) is 0 Å². The second-order valence-electron chi connectivity index (χ2n) is 5.88. The summed E-state index contributed by atoms with van der Waals surface area (Å²) in [6.07, 6.45) is 3.67. The summed E-state index contributed by atoms with van der Waals surface area (Å²) in [6, 6.07) is 11.1. The number of carbonyl (C=O) groups excluding carboxylic acids is 1. The second kappa shape index (κ2) is 6.28. The normalized spacial score (nSPS) is 13.7. The molecule has 1 aliphatic carbocycles. The number of amides is 1. The van der Waals surface area contributed by atoms with Gasteiger partial charge in [-0.25, -0.2) is 0 Å². The van der Waals surface area contributed by atoms with Crippen LogP contribution in [0, 0.1) is 0 Å². The van der Waals surface area contributed by atoms with Gasteiger partial charge in [0.25, 0.3) is 11.5 Å². The van der Waals surface area contributed by atoms with Gasteiger partial charge < -0.3 is 14.2 Å². The van der Waals surface area contributed by atoms with E-state index >= 15 is 0 Å². The van der Waals surface area contributed by atoms with Crippen molar-refractivity contribution >= 4 is 5.91 Å². The van der Waals surface area contributed by atoms with E-state index in [1.807, 2.05) is 29.2 Å². The average Bonchev–Trinajstić information content (AvgIpc) is 3.40. The Morgan fingerprint density at radius 3 is 2.52 bits per heavy atom. The van der Waals surface area contributed by atoms with Crippen LogP contribution in [0.2, 0.25) is 0 Å². The Morgan fingerprint density at radius 2 is 1.96 bits per heavy atom. The number of hydrogen-bond donors (Lipinski definition) is 0. The van der Waals surface area contributed by atoms with Crippen LogP contribution in [-0.4, -0.2) is 28.5 Å². The van der Waals surface area contributed by atoms with Crippen molar-refractivity contribution < 1.29 is 9.53 Å². The fourth-order valence-corrected chi connectivity index (χ4v) is 2.53. The van der Waals surface area contributed by atoms with E-state index in [1.54, 1.807) is 26.4 Å². The van der Waals surface area contributed by atoms with Gasteiger partial charge in [0, 0.05) is 37.5 Å². The lowest BCUT2D eigenvalue weighted by Crippen LogP contribution is -2.33. The molecule has 1 saturated carbocycles. The first kappa shape index (κ1) is 15.3. The Hall–Kier alpha value is -2.56. The van der Waals surface area contributed by atoms with Crippen molar-refractivity contribution in [3.63, 3.8) is 0 Å². The number of hydrogen-bond acceptors (Lipinski definition) is 3. The fourth-order valence-electron chi connectivity index (χ4n) is 2.53. The highest BCUT2D eigenvalue weighted by atomic mass is 16.5. The van der Waals surface area contributed by atoms with Crippen LogP contribution < -0.4 is 10.3 Å². The number of methoxy groups -OCH3 is 1. The largest absolute Gasteiger partial charge is 0.497 e. The highest BCUT2D eigenvalue weighted by Crippen LogP contribution is 2.30. The van der Waals surface area contributed by atoms with Crippen LogP contribution in [0.5, 0.6) is 5.75 Å². The summed E-state index contributed by atoms with van der Waals surface area (Å²) in [5.41, 5.74) is 1.33. The molecule has 0 unspecified atom stereocenters. The Balaban J connectivity index is 1.81. The highest BCUT2D eigenvalue weighted by molar-refractivity contribution is 5.94. The molecule has 1 amide bonds. The van der Waals surface area contributed by atoms with Gasteiger partial charge in [-0.1, -0.05) is 12.1 Å². The number of carbonyl (C=O) groups is 1. The third-order valence-corrected chi connectivity index (χ3v) is 4.11. The molecule has 1 aliphatic rings. The van der Waals surface area contributed by atoms with Gasteiger partial charge in [0.2, 0.25) is 0 Å². The maximum absolute atomic E-state index is 12.8. The topological polar surface area (TPSA) is 51.5 Å². The molecule has 5 heteroatoms. The van der Waals surface area contributed by atoms with Crippen LogP contribution >= 0.6 is 0 Å². The molecule has 0 radical (unpaired) electrons. The molecular weight excluding hydrogens is 292 g/mol. The Morgan fingerprint density at radius 1 is 1.26 bits per heavy atom. The van der Waals surface area contributed by atoms with Crippen molar-refractivity contribution in [3.8, 4) is 5.75 Å². The zero-order valence-corrected chi connectivity index (χ0v) is 13.4. The van der Waals surface area contributed by atoms with Gasteiger partial charge >= 0.3 is 0 Å². The zero-order valence-electron chi connectivity index (χ0n) is 13.4. The van der Waals surface area contributed by atoms with Gasteiger partial charge in [0.1, 0.15) is 5.75 Å². The monoisotopic (exact) mass is 312 g/mol. The van der Waals surface area contributed by atoms with Gasteiger partial charge in [-0.15, -0.1) is 0 Å². The lowest BCUT2D eigenvalue weighted by molar-refractivity contribution is 0.0729. The highest BCUT2D eigenvalue weighted by Gasteiger charge is 2.33. The van der Waals surface area contributed by atoms with Crippen LogP contribution in [0.15, 0.2) is 47.4 Å². The fraction of sp³-hybridized carbons (Fsp3) is 0.333. The molecule has 1 aromatic carbocycles. The van der Waals surface area contributed by atoms with Gasteiger partial charge in [0.05, 0.1) is 7.11 Å². The first-order valence-electron chi connectivity index (χ1n) is 7.69. The van der Waals surface area contributed by atoms with Crippen LogP contribution in [0.3, 0.4) is 0 Å². The quantitative estimate of drug-likeness (QED) is 0.850. The molecule has 0 bridgehead atoms. The first-order valence-corrected chi connectivity index (χ1v) is 7.69. The summed E-state index contributed by atoms with van der Waals surface area (Å²) in [5.74, 6) is 0.714. The standard InChI is InChI=1S/C18H20N2O3/c1-19-10-9-14(11-17(19)21)18(22)20(15-5-6-15)12-13-3-7-16(23-2)8-4-13/h3-4,7-11,15H,5-6,12H2,1-2H3. The molecular formula is C18H20N2O3. The lowest BCUT2D eigenvalue weighted by atomic mass is 10.1. The molecule has 23 heavy (non-hydrogen) atoms. The Labute approximate surface area is 135 Å². The number of benzene rings is 1. The molecule has 1 aromatic heterocycles. The van der Waals surface area contributed by atoms with Crippen LogP contribution in [0.4, 0.5) is 0 Å². The molecule has 1 fully saturated rings. The maximum Gasteiger partial charge on any atom is 0.254 e. The number of aromatic nitrogens is 1. The summed E-state index contributed by atoms with van der Waals surface area (Å²) in [6.45, 7) is 0.544. The number of nitrogens with zero attached hydrogens (tertiary/aromatic N) is 2. The van der Waals surface area contributed by atoms with E-state index in [2.05, 4.69) is 0 Å². The molecule has 2 aromatic rings. The van der Waals surface area contributed by atoms with Crippen LogP contribution in [-0.2, 0) is 13.6 Å². The molecule has 0 saturated heterocycles. The number of pyridine rings is 1. The van der Waals surface area contributed by atoms with Crippen molar-refractivity contribution in [1.29, 1.82) is 0 Å². The molecule has 0 spiro atoms. The van der Waals surface area contributed by atoms with Crippen molar-refractivity contribution in [3.05, 3.63) is 64.1 Å². The van der Waals surface area contributed by atoms with Crippen molar-refractivity contribution in [2.45, 2.75) is 25.4 Å². The molecule has 0 aliphatic heterocycles. The van der Waals surface area contributed by atoms with Crippen LogP contribution in [0.1, 0.15) is 28.8 Å². The smallest absolute Gasteiger partial charge is 0.254 e. The summed E-state index contributed by atoms with van der Waals surface area (Å²) < 4.78 is 6.62. The van der Waals surface area contributed by atoms with Gasteiger partial charge in [-0.3, -0.25) is 9.59 Å². The molecule has 3 rings (SSSR count). The molecule has 120 valence electrons. The summed E-state index contributed by atoms with van der Waals surface area (Å²) >= 11 is 0. The third kappa shape index (κ3) is 3.44. The number of rotatable bonds is 5. The van der Waals surface area contributed by atoms with Crippen molar-refractivity contribution in [2.24, 2.45) is 7.05 Å². The van der Waals surface area contributed by atoms with Crippen molar-refractivity contribution in [2.75, 3.05) is 7.11 Å². The van der Waals surface area contributed by atoms with E-state index in [4.69, 9.17) is 4.74 Å².